The van der Waals surface area contributed by atoms with Crippen LogP contribution in [0.5, 0.6) is 0 Å². The molecule has 0 aromatic heterocycles. The monoisotopic (exact) mass is 141 g/mol. The molecule has 1 aliphatic rings. The summed E-state index contributed by atoms with van der Waals surface area (Å²) < 4.78 is 0. The standard InChI is InChI=1S/C8H15NO/c1-9-5-7-3-2-4-8(7)6-10/h6-9H,2-5H2,1H3/t7-,8-/m0/s1. The molecule has 0 unspecified atom stereocenters. The Labute approximate surface area is 62.0 Å². The third-order valence-corrected chi connectivity index (χ3v) is 2.36. The zero-order chi connectivity index (χ0) is 7.40. The van der Waals surface area contributed by atoms with Gasteiger partial charge >= 0.3 is 0 Å². The number of aldehydes is 1. The molecule has 1 aliphatic carbocycles. The average Bonchev–Trinajstić information content (AvgIpc) is 2.36. The second kappa shape index (κ2) is 3.71. The van der Waals surface area contributed by atoms with E-state index in [2.05, 4.69) is 5.32 Å². The Hall–Kier alpha value is -0.370. The van der Waals surface area contributed by atoms with Crippen LogP contribution in [0.15, 0.2) is 0 Å². The number of hydrogen-bond donors (Lipinski definition) is 1. The van der Waals surface area contributed by atoms with Gasteiger partial charge in [-0.3, -0.25) is 0 Å². The Morgan fingerprint density at radius 1 is 1.60 bits per heavy atom. The molecule has 1 N–H and O–H groups in total. The van der Waals surface area contributed by atoms with Crippen LogP contribution in [0.1, 0.15) is 19.3 Å². The lowest BCUT2D eigenvalue weighted by molar-refractivity contribution is -0.111. The summed E-state index contributed by atoms with van der Waals surface area (Å²) in [5.41, 5.74) is 0. The first-order valence-electron chi connectivity index (χ1n) is 3.98. The third-order valence-electron chi connectivity index (χ3n) is 2.36. The maximum absolute atomic E-state index is 10.5. The molecule has 0 radical (unpaired) electrons. The molecular weight excluding hydrogens is 126 g/mol. The van der Waals surface area contributed by atoms with Gasteiger partial charge in [0, 0.05) is 5.92 Å². The van der Waals surface area contributed by atoms with Gasteiger partial charge in [-0.05, 0) is 32.4 Å². The fraction of sp³-hybridized carbons (Fsp3) is 0.875. The van der Waals surface area contributed by atoms with Crippen molar-refractivity contribution in [1.29, 1.82) is 0 Å². The first kappa shape index (κ1) is 7.73. The van der Waals surface area contributed by atoms with Gasteiger partial charge in [-0.1, -0.05) is 6.42 Å². The van der Waals surface area contributed by atoms with E-state index in [1.54, 1.807) is 0 Å². The van der Waals surface area contributed by atoms with Crippen molar-refractivity contribution in [3.63, 3.8) is 0 Å². The molecule has 0 bridgehead atoms. The molecule has 2 atom stereocenters. The van der Waals surface area contributed by atoms with Crippen LogP contribution in [0, 0.1) is 11.8 Å². The van der Waals surface area contributed by atoms with Gasteiger partial charge < -0.3 is 10.1 Å². The molecule has 0 heterocycles. The summed E-state index contributed by atoms with van der Waals surface area (Å²) in [5.74, 6) is 0.954. The van der Waals surface area contributed by atoms with E-state index < -0.39 is 0 Å². The van der Waals surface area contributed by atoms with Gasteiger partial charge in [0.2, 0.25) is 0 Å². The second-order valence-electron chi connectivity index (χ2n) is 3.05. The van der Waals surface area contributed by atoms with Crippen LogP contribution in [0.4, 0.5) is 0 Å². The van der Waals surface area contributed by atoms with Crippen molar-refractivity contribution < 1.29 is 4.79 Å². The number of hydrogen-bond acceptors (Lipinski definition) is 2. The summed E-state index contributed by atoms with van der Waals surface area (Å²) in [4.78, 5) is 10.5. The lowest BCUT2D eigenvalue weighted by Gasteiger charge is -2.12. The molecular formula is C8H15NO. The molecule has 0 aliphatic heterocycles. The van der Waals surface area contributed by atoms with Crippen LogP contribution in [-0.2, 0) is 4.79 Å². The van der Waals surface area contributed by atoms with Gasteiger partial charge in [0.05, 0.1) is 0 Å². The van der Waals surface area contributed by atoms with Crippen molar-refractivity contribution in [3.05, 3.63) is 0 Å². The quantitative estimate of drug-likeness (QED) is 0.589. The van der Waals surface area contributed by atoms with Gasteiger partial charge in [-0.2, -0.15) is 0 Å². The summed E-state index contributed by atoms with van der Waals surface area (Å²) in [7, 11) is 1.94. The number of carbonyl (C=O) groups is 1. The lowest BCUT2D eigenvalue weighted by atomic mass is 9.98. The maximum Gasteiger partial charge on any atom is 0.123 e. The second-order valence-corrected chi connectivity index (χ2v) is 3.05. The summed E-state index contributed by atoms with van der Waals surface area (Å²) in [6.45, 7) is 1.00. The Morgan fingerprint density at radius 3 is 3.00 bits per heavy atom. The molecule has 0 spiro atoms. The average molecular weight is 141 g/mol. The van der Waals surface area contributed by atoms with E-state index in [4.69, 9.17) is 0 Å². The fourth-order valence-corrected chi connectivity index (χ4v) is 1.76. The highest BCUT2D eigenvalue weighted by molar-refractivity contribution is 5.54. The van der Waals surface area contributed by atoms with Crippen molar-refractivity contribution in [2.45, 2.75) is 19.3 Å². The third kappa shape index (κ3) is 1.57. The van der Waals surface area contributed by atoms with E-state index in [0.29, 0.717) is 11.8 Å². The topological polar surface area (TPSA) is 29.1 Å². The van der Waals surface area contributed by atoms with Crippen molar-refractivity contribution in [2.75, 3.05) is 13.6 Å². The van der Waals surface area contributed by atoms with Gasteiger partial charge in [0.15, 0.2) is 0 Å². The molecule has 1 fully saturated rings. The smallest absolute Gasteiger partial charge is 0.123 e. The van der Waals surface area contributed by atoms with Crippen LogP contribution < -0.4 is 5.32 Å². The highest BCUT2D eigenvalue weighted by Crippen LogP contribution is 2.29. The van der Waals surface area contributed by atoms with Crippen molar-refractivity contribution in [2.24, 2.45) is 11.8 Å². The Kier molecular flexibility index (Phi) is 2.87. The summed E-state index contributed by atoms with van der Waals surface area (Å²) >= 11 is 0. The van der Waals surface area contributed by atoms with E-state index in [-0.39, 0.29) is 0 Å². The number of rotatable bonds is 3. The van der Waals surface area contributed by atoms with Gasteiger partial charge in [0.1, 0.15) is 6.29 Å². The van der Waals surface area contributed by atoms with E-state index in [1.165, 1.54) is 12.8 Å². The fourth-order valence-electron chi connectivity index (χ4n) is 1.76. The van der Waals surface area contributed by atoms with E-state index in [1.807, 2.05) is 7.05 Å². The summed E-state index contributed by atoms with van der Waals surface area (Å²) in [6, 6.07) is 0. The van der Waals surface area contributed by atoms with Crippen molar-refractivity contribution in [1.82, 2.24) is 5.32 Å². The zero-order valence-corrected chi connectivity index (χ0v) is 6.47. The van der Waals surface area contributed by atoms with E-state index >= 15 is 0 Å². The normalized spacial score (nSPS) is 32.5. The Balaban J connectivity index is 2.34. The summed E-state index contributed by atoms with van der Waals surface area (Å²) in [6.07, 6.45) is 4.69. The highest BCUT2D eigenvalue weighted by atomic mass is 16.1. The molecule has 2 heteroatoms. The molecule has 58 valence electrons. The minimum atomic E-state index is 0.340. The minimum Gasteiger partial charge on any atom is -0.319 e. The predicted molar refractivity (Wildman–Crippen MR) is 40.8 cm³/mol. The molecule has 0 aromatic carbocycles. The van der Waals surface area contributed by atoms with Crippen LogP contribution in [0.25, 0.3) is 0 Å². The van der Waals surface area contributed by atoms with E-state index in [0.717, 1.165) is 19.3 Å². The molecule has 0 aromatic rings. The van der Waals surface area contributed by atoms with Crippen LogP contribution >= 0.6 is 0 Å². The van der Waals surface area contributed by atoms with Crippen LogP contribution in [0.2, 0.25) is 0 Å². The molecule has 1 saturated carbocycles. The first-order chi connectivity index (χ1) is 4.88. The molecule has 1 rings (SSSR count). The zero-order valence-electron chi connectivity index (χ0n) is 6.47. The lowest BCUT2D eigenvalue weighted by Crippen LogP contribution is -2.22. The van der Waals surface area contributed by atoms with Crippen molar-refractivity contribution >= 4 is 6.29 Å². The van der Waals surface area contributed by atoms with E-state index in [9.17, 15) is 4.79 Å². The largest absolute Gasteiger partial charge is 0.319 e. The van der Waals surface area contributed by atoms with Gasteiger partial charge in [0.25, 0.3) is 0 Å². The van der Waals surface area contributed by atoms with Crippen LogP contribution in [-0.4, -0.2) is 19.9 Å². The van der Waals surface area contributed by atoms with Gasteiger partial charge in [-0.25, -0.2) is 0 Å². The Morgan fingerprint density at radius 2 is 2.40 bits per heavy atom. The molecule has 0 saturated heterocycles. The predicted octanol–water partition coefficient (Wildman–Crippen LogP) is 0.821. The first-order valence-corrected chi connectivity index (χ1v) is 3.98. The van der Waals surface area contributed by atoms with Crippen molar-refractivity contribution in [3.8, 4) is 0 Å². The maximum atomic E-state index is 10.5. The minimum absolute atomic E-state index is 0.340. The molecule has 2 nitrogen and oxygen atoms in total. The molecule has 0 amide bonds. The molecule has 10 heavy (non-hydrogen) atoms. The Bertz CT molecular complexity index is 114. The summed E-state index contributed by atoms with van der Waals surface area (Å²) in [5, 5.41) is 3.12. The number of nitrogens with one attached hydrogen (secondary N) is 1. The number of carbonyl (C=O) groups excluding carboxylic acids is 1. The van der Waals surface area contributed by atoms with Crippen LogP contribution in [0.3, 0.4) is 0 Å². The highest BCUT2D eigenvalue weighted by Gasteiger charge is 2.25. The SMILES string of the molecule is CNC[C@@H]1CCC[C@H]1C=O. The van der Waals surface area contributed by atoms with Gasteiger partial charge in [-0.15, -0.1) is 0 Å².